The summed E-state index contributed by atoms with van der Waals surface area (Å²) < 4.78 is 23.1. The Hall–Kier alpha value is -1.11. The van der Waals surface area contributed by atoms with Gasteiger partial charge in [0.25, 0.3) is 0 Å². The molecule has 2 aromatic rings. The van der Waals surface area contributed by atoms with Gasteiger partial charge in [0.05, 0.1) is 27.2 Å². The fourth-order valence-corrected chi connectivity index (χ4v) is 3.04. The van der Waals surface area contributed by atoms with Crippen LogP contribution in [0.15, 0.2) is 34.8 Å². The van der Waals surface area contributed by atoms with Crippen molar-refractivity contribution < 1.29 is 8.42 Å². The summed E-state index contributed by atoms with van der Waals surface area (Å²) >= 11 is 7.61. The molecule has 2 rings (SSSR count). The smallest absolute Gasteiger partial charge is 0.175 e. The molecule has 0 radical (unpaired) electrons. The first kappa shape index (κ1) is 14.3. The van der Waals surface area contributed by atoms with E-state index in [0.717, 1.165) is 4.88 Å². The molecule has 7 heteroatoms. The van der Waals surface area contributed by atoms with Crippen molar-refractivity contribution in [2.24, 2.45) is 0 Å². The van der Waals surface area contributed by atoms with Crippen LogP contribution >= 0.6 is 22.9 Å². The Morgan fingerprint density at radius 2 is 2.16 bits per heavy atom. The van der Waals surface area contributed by atoms with E-state index in [1.165, 1.54) is 23.7 Å². The van der Waals surface area contributed by atoms with E-state index in [-0.39, 0.29) is 10.9 Å². The van der Waals surface area contributed by atoms with E-state index < -0.39 is 9.84 Å². The topological polar surface area (TPSA) is 59.1 Å². The fourth-order valence-electron chi connectivity index (χ4n) is 1.59. The van der Waals surface area contributed by atoms with E-state index in [1.807, 2.05) is 6.92 Å². The van der Waals surface area contributed by atoms with E-state index >= 15 is 0 Å². The highest BCUT2D eigenvalue weighted by Crippen LogP contribution is 2.29. The molecule has 0 fully saturated rings. The SMILES string of the molecule is CC(Nc1cc(S(C)(=O)=O)ccc1Cl)c1cncs1. The number of nitrogens with zero attached hydrogens (tertiary/aromatic N) is 1. The molecular formula is C12H13ClN2O2S2. The van der Waals surface area contributed by atoms with Crippen LogP contribution in [0.4, 0.5) is 5.69 Å². The van der Waals surface area contributed by atoms with Gasteiger partial charge in [-0.05, 0) is 25.1 Å². The predicted octanol–water partition coefficient (Wildman–Crippen LogP) is 3.37. The second kappa shape index (κ2) is 5.48. The Kier molecular flexibility index (Phi) is 4.13. The van der Waals surface area contributed by atoms with Crippen molar-refractivity contribution in [2.45, 2.75) is 17.9 Å². The van der Waals surface area contributed by atoms with Gasteiger partial charge in [-0.1, -0.05) is 11.6 Å². The number of rotatable bonds is 4. The quantitative estimate of drug-likeness (QED) is 0.939. The van der Waals surface area contributed by atoms with Gasteiger partial charge in [0, 0.05) is 17.3 Å². The first-order valence-corrected chi connectivity index (χ1v) is 8.67. The van der Waals surface area contributed by atoms with E-state index in [4.69, 9.17) is 11.6 Å². The third-order valence-electron chi connectivity index (χ3n) is 2.62. The summed E-state index contributed by atoms with van der Waals surface area (Å²) in [5.74, 6) is 0. The van der Waals surface area contributed by atoms with Crippen molar-refractivity contribution >= 4 is 38.5 Å². The van der Waals surface area contributed by atoms with Crippen LogP contribution in [0.25, 0.3) is 0 Å². The van der Waals surface area contributed by atoms with Crippen LogP contribution < -0.4 is 5.32 Å². The number of anilines is 1. The van der Waals surface area contributed by atoms with Gasteiger partial charge >= 0.3 is 0 Å². The lowest BCUT2D eigenvalue weighted by Gasteiger charge is -2.15. The molecule has 0 saturated heterocycles. The summed E-state index contributed by atoms with van der Waals surface area (Å²) in [5, 5.41) is 3.69. The van der Waals surface area contributed by atoms with Gasteiger partial charge in [0.15, 0.2) is 9.84 Å². The summed E-state index contributed by atoms with van der Waals surface area (Å²) in [6.07, 6.45) is 2.95. The van der Waals surface area contributed by atoms with Crippen molar-refractivity contribution in [3.8, 4) is 0 Å². The lowest BCUT2D eigenvalue weighted by Crippen LogP contribution is -2.06. The Labute approximate surface area is 121 Å². The van der Waals surface area contributed by atoms with Crippen LogP contribution in [-0.2, 0) is 9.84 Å². The number of benzene rings is 1. The minimum absolute atomic E-state index is 0.0137. The molecule has 0 saturated carbocycles. The maximum absolute atomic E-state index is 11.5. The number of aromatic nitrogens is 1. The third-order valence-corrected chi connectivity index (χ3v) is 5.01. The molecule has 0 bridgehead atoms. The monoisotopic (exact) mass is 316 g/mol. The molecule has 1 unspecified atom stereocenters. The summed E-state index contributed by atoms with van der Waals surface area (Å²) in [4.78, 5) is 5.32. The highest BCUT2D eigenvalue weighted by Gasteiger charge is 2.13. The minimum Gasteiger partial charge on any atom is -0.376 e. The average Bonchev–Trinajstić information content (AvgIpc) is 2.84. The maximum atomic E-state index is 11.5. The second-order valence-electron chi connectivity index (χ2n) is 4.18. The molecular weight excluding hydrogens is 304 g/mol. The number of hydrogen-bond donors (Lipinski definition) is 1. The van der Waals surface area contributed by atoms with Crippen molar-refractivity contribution in [3.05, 3.63) is 39.8 Å². The lowest BCUT2D eigenvalue weighted by molar-refractivity contribution is 0.602. The van der Waals surface area contributed by atoms with Gasteiger partial charge in [0.1, 0.15) is 0 Å². The molecule has 1 N–H and O–H groups in total. The molecule has 0 aliphatic rings. The standard InChI is InChI=1S/C12H13ClN2O2S2/c1-8(12-6-14-7-18-12)15-11-5-9(19(2,16)17)3-4-10(11)13/h3-8,15H,1-2H3. The zero-order valence-electron chi connectivity index (χ0n) is 10.4. The van der Waals surface area contributed by atoms with Crippen molar-refractivity contribution in [1.82, 2.24) is 4.98 Å². The number of thiazole rings is 1. The molecule has 1 aromatic carbocycles. The molecule has 19 heavy (non-hydrogen) atoms. The highest BCUT2D eigenvalue weighted by atomic mass is 35.5. The molecule has 0 aliphatic carbocycles. The Bertz CT molecular complexity index is 669. The molecule has 102 valence electrons. The largest absolute Gasteiger partial charge is 0.376 e. The number of halogens is 1. The first-order valence-electron chi connectivity index (χ1n) is 5.52. The minimum atomic E-state index is -3.24. The molecule has 0 spiro atoms. The number of nitrogens with one attached hydrogen (secondary N) is 1. The van der Waals surface area contributed by atoms with E-state index in [1.54, 1.807) is 23.8 Å². The van der Waals surface area contributed by atoms with Gasteiger partial charge in [-0.25, -0.2) is 8.42 Å². The lowest BCUT2D eigenvalue weighted by atomic mass is 10.2. The van der Waals surface area contributed by atoms with Crippen LogP contribution in [0.5, 0.6) is 0 Å². The average molecular weight is 317 g/mol. The van der Waals surface area contributed by atoms with E-state index in [9.17, 15) is 8.42 Å². The maximum Gasteiger partial charge on any atom is 0.175 e. The Morgan fingerprint density at radius 3 is 2.74 bits per heavy atom. The van der Waals surface area contributed by atoms with E-state index in [0.29, 0.717) is 10.7 Å². The molecule has 0 amide bonds. The van der Waals surface area contributed by atoms with Crippen molar-refractivity contribution in [3.63, 3.8) is 0 Å². The van der Waals surface area contributed by atoms with Crippen LogP contribution in [-0.4, -0.2) is 19.7 Å². The van der Waals surface area contributed by atoms with Crippen LogP contribution in [0.2, 0.25) is 5.02 Å². The van der Waals surface area contributed by atoms with Gasteiger partial charge in [-0.2, -0.15) is 0 Å². The normalized spacial score (nSPS) is 13.2. The molecule has 4 nitrogen and oxygen atoms in total. The summed E-state index contributed by atoms with van der Waals surface area (Å²) in [6, 6.07) is 4.65. The first-order chi connectivity index (χ1) is 8.88. The zero-order chi connectivity index (χ0) is 14.0. The molecule has 1 heterocycles. The molecule has 0 aliphatic heterocycles. The second-order valence-corrected chi connectivity index (χ2v) is 7.52. The van der Waals surface area contributed by atoms with Crippen LogP contribution in [0.1, 0.15) is 17.8 Å². The predicted molar refractivity (Wildman–Crippen MR) is 78.7 cm³/mol. The van der Waals surface area contributed by atoms with Gasteiger partial charge in [-0.3, -0.25) is 4.98 Å². The van der Waals surface area contributed by atoms with Gasteiger partial charge in [-0.15, -0.1) is 11.3 Å². The van der Waals surface area contributed by atoms with Crippen molar-refractivity contribution in [2.75, 3.05) is 11.6 Å². The summed E-state index contributed by atoms with van der Waals surface area (Å²) in [6.45, 7) is 1.97. The number of hydrogen-bond acceptors (Lipinski definition) is 5. The van der Waals surface area contributed by atoms with Crippen molar-refractivity contribution in [1.29, 1.82) is 0 Å². The van der Waals surface area contributed by atoms with Crippen LogP contribution in [0.3, 0.4) is 0 Å². The molecule has 1 atom stereocenters. The highest BCUT2D eigenvalue weighted by molar-refractivity contribution is 7.90. The summed E-state index contributed by atoms with van der Waals surface area (Å²) in [5.41, 5.74) is 2.35. The summed E-state index contributed by atoms with van der Waals surface area (Å²) in [7, 11) is -3.24. The van der Waals surface area contributed by atoms with Gasteiger partial charge < -0.3 is 5.32 Å². The third kappa shape index (κ3) is 3.46. The number of sulfone groups is 1. The Balaban J connectivity index is 2.30. The van der Waals surface area contributed by atoms with Crippen LogP contribution in [0, 0.1) is 0 Å². The van der Waals surface area contributed by atoms with E-state index in [2.05, 4.69) is 10.3 Å². The Morgan fingerprint density at radius 1 is 1.42 bits per heavy atom. The zero-order valence-corrected chi connectivity index (χ0v) is 12.8. The molecule has 1 aromatic heterocycles. The fraction of sp³-hybridized carbons (Fsp3) is 0.250. The van der Waals surface area contributed by atoms with Gasteiger partial charge in [0.2, 0.25) is 0 Å².